The molecule has 1 amide bonds. The number of nitrogens with one attached hydrogen (secondary N) is 1. The quantitative estimate of drug-likeness (QED) is 0.528. The molecule has 2 aromatic carbocycles. The summed E-state index contributed by atoms with van der Waals surface area (Å²) in [7, 11) is -3.81. The van der Waals surface area contributed by atoms with E-state index >= 15 is 0 Å². The van der Waals surface area contributed by atoms with Crippen molar-refractivity contribution in [2.45, 2.75) is 51.1 Å². The lowest BCUT2D eigenvalue weighted by atomic mass is 10.1. The molecule has 10 heteroatoms. The van der Waals surface area contributed by atoms with Gasteiger partial charge in [-0.3, -0.25) is 4.79 Å². The van der Waals surface area contributed by atoms with Crippen LogP contribution in [0.5, 0.6) is 5.75 Å². The summed E-state index contributed by atoms with van der Waals surface area (Å²) in [6.07, 6.45) is 4.18. The first-order valence-corrected chi connectivity index (χ1v) is 12.7. The van der Waals surface area contributed by atoms with Gasteiger partial charge in [-0.1, -0.05) is 23.8 Å². The number of nitrogens with zero attached hydrogens (tertiary/aromatic N) is 4. The van der Waals surface area contributed by atoms with Gasteiger partial charge in [0, 0.05) is 18.3 Å². The highest BCUT2D eigenvalue weighted by atomic mass is 32.2. The number of carbonyl (C=O) groups is 1. The Labute approximate surface area is 199 Å². The number of carbonyl (C=O) groups excluding carboxylic acids is 1. The lowest BCUT2D eigenvalue weighted by Gasteiger charge is -2.25. The molecule has 3 aromatic rings. The van der Waals surface area contributed by atoms with Crippen LogP contribution in [0.25, 0.3) is 0 Å². The molecule has 180 valence electrons. The maximum atomic E-state index is 13.5. The minimum absolute atomic E-state index is 0.292. The van der Waals surface area contributed by atoms with Crippen LogP contribution < -0.4 is 10.1 Å². The normalized spacial score (nSPS) is 16.5. The molecule has 1 fully saturated rings. The predicted octanol–water partition coefficient (Wildman–Crippen LogP) is 3.07. The fourth-order valence-corrected chi connectivity index (χ4v) is 6.55. The summed E-state index contributed by atoms with van der Waals surface area (Å²) in [5.41, 5.74) is 2.95. The Balaban J connectivity index is 1.46. The van der Waals surface area contributed by atoms with Crippen molar-refractivity contribution in [1.29, 1.82) is 0 Å². The van der Waals surface area contributed by atoms with E-state index in [1.54, 1.807) is 49.1 Å². The van der Waals surface area contributed by atoms with E-state index in [2.05, 4.69) is 15.4 Å². The smallest absolute Gasteiger partial charge is 0.244 e. The Hall–Kier alpha value is -3.24. The van der Waals surface area contributed by atoms with Crippen molar-refractivity contribution in [3.63, 3.8) is 0 Å². The van der Waals surface area contributed by atoms with Gasteiger partial charge in [-0.2, -0.15) is 9.40 Å². The molecular weight excluding hydrogens is 454 g/mol. The number of rotatable bonds is 8. The van der Waals surface area contributed by atoms with Gasteiger partial charge in [-0.15, -0.1) is 0 Å². The van der Waals surface area contributed by atoms with Gasteiger partial charge in [-0.25, -0.2) is 18.1 Å². The minimum atomic E-state index is -3.81. The first-order chi connectivity index (χ1) is 16.3. The highest BCUT2D eigenvalue weighted by Crippen LogP contribution is 2.31. The van der Waals surface area contributed by atoms with Crippen molar-refractivity contribution < 1.29 is 17.9 Å². The van der Waals surface area contributed by atoms with Crippen LogP contribution in [0.3, 0.4) is 0 Å². The molecule has 0 radical (unpaired) electrons. The first-order valence-electron chi connectivity index (χ1n) is 11.2. The van der Waals surface area contributed by atoms with E-state index in [0.29, 0.717) is 60.0 Å². The molecule has 1 aromatic heterocycles. The van der Waals surface area contributed by atoms with Crippen LogP contribution in [0.4, 0.5) is 5.69 Å². The van der Waals surface area contributed by atoms with Gasteiger partial charge in [0.25, 0.3) is 0 Å². The molecule has 1 N–H and O–H groups in total. The van der Waals surface area contributed by atoms with Gasteiger partial charge in [0.15, 0.2) is 0 Å². The minimum Gasteiger partial charge on any atom is -0.492 e. The number of ether oxygens (including phenoxy) is 1. The number of benzene rings is 2. The summed E-state index contributed by atoms with van der Waals surface area (Å²) in [4.78, 5) is 17.3. The number of anilines is 1. The Bertz CT molecular complexity index is 1250. The molecule has 9 nitrogen and oxygen atoms in total. The monoisotopic (exact) mass is 483 g/mol. The molecule has 34 heavy (non-hydrogen) atoms. The van der Waals surface area contributed by atoms with E-state index in [4.69, 9.17) is 4.74 Å². The third-order valence-corrected chi connectivity index (χ3v) is 8.05. The second-order valence-corrected chi connectivity index (χ2v) is 10.4. The van der Waals surface area contributed by atoms with Gasteiger partial charge >= 0.3 is 0 Å². The Morgan fingerprint density at radius 2 is 1.94 bits per heavy atom. The Kier molecular flexibility index (Phi) is 6.99. The number of hydrogen-bond acceptors (Lipinski definition) is 6. The fraction of sp³-hybridized carbons (Fsp3) is 0.375. The zero-order valence-corrected chi connectivity index (χ0v) is 20.4. The molecular formula is C24H29N5O4S. The van der Waals surface area contributed by atoms with Crippen molar-refractivity contribution in [2.75, 3.05) is 18.5 Å². The van der Waals surface area contributed by atoms with Gasteiger partial charge in [0.2, 0.25) is 15.9 Å². The van der Waals surface area contributed by atoms with Crippen LogP contribution in [0.2, 0.25) is 0 Å². The standard InChI is InChI=1S/C24H29N5O4S/c1-17-12-18(2)23(19(3)13-17)34(31,32)29-9-5-8-22(29)24(30)27-20-6-4-7-21(14-20)33-11-10-28-16-25-15-26-28/h4,6-7,12-16,22H,5,8-11H2,1-3H3,(H,27,30). The molecule has 1 aliphatic rings. The molecule has 0 spiro atoms. The summed E-state index contributed by atoms with van der Waals surface area (Å²) in [6.45, 7) is 6.79. The van der Waals surface area contributed by atoms with E-state index in [1.165, 1.54) is 10.6 Å². The number of amides is 1. The predicted molar refractivity (Wildman–Crippen MR) is 128 cm³/mol. The van der Waals surface area contributed by atoms with Crippen molar-refractivity contribution in [1.82, 2.24) is 19.1 Å². The van der Waals surface area contributed by atoms with Crippen LogP contribution in [0.15, 0.2) is 53.9 Å². The average Bonchev–Trinajstić information content (AvgIpc) is 3.46. The largest absolute Gasteiger partial charge is 0.492 e. The number of aryl methyl sites for hydroxylation is 3. The summed E-state index contributed by atoms with van der Waals surface area (Å²) in [5, 5.41) is 6.89. The van der Waals surface area contributed by atoms with Crippen LogP contribution >= 0.6 is 0 Å². The Morgan fingerprint density at radius 3 is 2.65 bits per heavy atom. The third-order valence-electron chi connectivity index (χ3n) is 5.83. The summed E-state index contributed by atoms with van der Waals surface area (Å²) in [5.74, 6) is 0.253. The fourth-order valence-electron chi connectivity index (χ4n) is 4.48. The number of sulfonamides is 1. The van der Waals surface area contributed by atoms with Crippen LogP contribution in [-0.4, -0.2) is 52.6 Å². The Morgan fingerprint density at radius 1 is 1.18 bits per heavy atom. The third kappa shape index (κ3) is 5.13. The van der Waals surface area contributed by atoms with Gasteiger partial charge < -0.3 is 10.1 Å². The second kappa shape index (κ2) is 9.94. The number of aromatic nitrogens is 3. The SMILES string of the molecule is Cc1cc(C)c(S(=O)(=O)N2CCCC2C(=O)Nc2cccc(OCCn3cncn3)c2)c(C)c1. The van der Waals surface area contributed by atoms with Crippen LogP contribution in [0, 0.1) is 20.8 Å². The molecule has 4 rings (SSSR count). The van der Waals surface area contributed by atoms with E-state index in [9.17, 15) is 13.2 Å². The van der Waals surface area contributed by atoms with E-state index in [1.807, 2.05) is 19.1 Å². The topological polar surface area (TPSA) is 106 Å². The lowest BCUT2D eigenvalue weighted by molar-refractivity contribution is -0.119. The lowest BCUT2D eigenvalue weighted by Crippen LogP contribution is -2.43. The molecule has 1 saturated heterocycles. The highest BCUT2D eigenvalue weighted by molar-refractivity contribution is 7.89. The van der Waals surface area contributed by atoms with E-state index < -0.39 is 16.1 Å². The van der Waals surface area contributed by atoms with Crippen molar-refractivity contribution in [3.05, 3.63) is 65.7 Å². The molecule has 1 atom stereocenters. The maximum absolute atomic E-state index is 13.5. The maximum Gasteiger partial charge on any atom is 0.244 e. The van der Waals surface area contributed by atoms with Crippen LogP contribution in [-0.2, 0) is 21.4 Å². The molecule has 0 aliphatic carbocycles. The van der Waals surface area contributed by atoms with Crippen LogP contribution in [0.1, 0.15) is 29.5 Å². The summed E-state index contributed by atoms with van der Waals surface area (Å²) < 4.78 is 35.8. The second-order valence-electron chi connectivity index (χ2n) is 8.53. The first kappa shape index (κ1) is 23.9. The zero-order chi connectivity index (χ0) is 24.3. The van der Waals surface area contributed by atoms with E-state index in [-0.39, 0.29) is 5.91 Å². The van der Waals surface area contributed by atoms with Gasteiger partial charge in [-0.05, 0) is 56.9 Å². The van der Waals surface area contributed by atoms with Crippen molar-refractivity contribution in [3.8, 4) is 5.75 Å². The van der Waals surface area contributed by atoms with Gasteiger partial charge in [0.1, 0.15) is 31.1 Å². The van der Waals surface area contributed by atoms with Crippen molar-refractivity contribution in [2.24, 2.45) is 0 Å². The average molecular weight is 484 g/mol. The summed E-state index contributed by atoms with van der Waals surface area (Å²) in [6, 6.07) is 10.0. The van der Waals surface area contributed by atoms with E-state index in [0.717, 1.165) is 5.56 Å². The van der Waals surface area contributed by atoms with Crippen molar-refractivity contribution >= 4 is 21.6 Å². The molecule has 1 unspecified atom stereocenters. The molecule has 0 bridgehead atoms. The number of hydrogen-bond donors (Lipinski definition) is 1. The molecule has 1 aliphatic heterocycles. The van der Waals surface area contributed by atoms with Gasteiger partial charge in [0.05, 0.1) is 11.4 Å². The zero-order valence-electron chi connectivity index (χ0n) is 19.6. The summed E-state index contributed by atoms with van der Waals surface area (Å²) >= 11 is 0. The molecule has 2 heterocycles. The highest BCUT2D eigenvalue weighted by Gasteiger charge is 2.40. The molecule has 0 saturated carbocycles.